The number of carbonyl (C=O) groups is 2. The molecule has 0 bridgehead atoms. The highest BCUT2D eigenvalue weighted by Crippen LogP contribution is 2.31. The van der Waals surface area contributed by atoms with Crippen LogP contribution in [0.1, 0.15) is 45.4 Å². The zero-order valence-electron chi connectivity index (χ0n) is 11.1. The molecular weight excluding hydrogens is 232 g/mol. The van der Waals surface area contributed by atoms with Gasteiger partial charge in [0.1, 0.15) is 0 Å². The van der Waals surface area contributed by atoms with Gasteiger partial charge < -0.3 is 15.7 Å². The van der Waals surface area contributed by atoms with Crippen LogP contribution in [-0.2, 0) is 4.79 Å². The fourth-order valence-electron chi connectivity index (χ4n) is 2.47. The first-order valence-corrected chi connectivity index (χ1v) is 6.89. The van der Waals surface area contributed by atoms with E-state index in [1.807, 2.05) is 0 Å². The maximum absolute atomic E-state index is 11.5. The Morgan fingerprint density at radius 1 is 1.22 bits per heavy atom. The number of hydrogen-bond acceptors (Lipinski definition) is 2. The standard InChI is InChI=1S/C13H24N2O3/c1-2-3-4-8-14-13(18)15-9-10-6-5-7-11(10)12(16)17/h10-11H,2-9H2,1H3,(H,16,17)(H2,14,15,18). The van der Waals surface area contributed by atoms with Crippen LogP contribution in [0.15, 0.2) is 0 Å². The summed E-state index contributed by atoms with van der Waals surface area (Å²) in [5.74, 6) is -0.933. The van der Waals surface area contributed by atoms with Crippen molar-refractivity contribution in [2.24, 2.45) is 11.8 Å². The molecule has 3 N–H and O–H groups in total. The van der Waals surface area contributed by atoms with E-state index in [1.165, 1.54) is 0 Å². The van der Waals surface area contributed by atoms with Gasteiger partial charge in [-0.1, -0.05) is 26.2 Å². The molecular formula is C13H24N2O3. The molecule has 5 heteroatoms. The van der Waals surface area contributed by atoms with Crippen molar-refractivity contribution in [3.63, 3.8) is 0 Å². The lowest BCUT2D eigenvalue weighted by Gasteiger charge is -2.16. The molecule has 5 nitrogen and oxygen atoms in total. The van der Waals surface area contributed by atoms with Crippen molar-refractivity contribution < 1.29 is 14.7 Å². The third-order valence-electron chi connectivity index (χ3n) is 3.57. The molecule has 0 aliphatic heterocycles. The van der Waals surface area contributed by atoms with Crippen LogP contribution in [0.2, 0.25) is 0 Å². The van der Waals surface area contributed by atoms with Gasteiger partial charge in [0.25, 0.3) is 0 Å². The van der Waals surface area contributed by atoms with Gasteiger partial charge in [0.2, 0.25) is 0 Å². The Labute approximate surface area is 108 Å². The number of carboxylic acids is 1. The predicted molar refractivity (Wildman–Crippen MR) is 69.4 cm³/mol. The fourth-order valence-corrected chi connectivity index (χ4v) is 2.47. The number of hydrogen-bond donors (Lipinski definition) is 3. The summed E-state index contributed by atoms with van der Waals surface area (Å²) < 4.78 is 0. The lowest BCUT2D eigenvalue weighted by molar-refractivity contribution is -0.142. The number of urea groups is 1. The van der Waals surface area contributed by atoms with Gasteiger partial charge in [0.05, 0.1) is 5.92 Å². The Morgan fingerprint density at radius 3 is 2.67 bits per heavy atom. The van der Waals surface area contributed by atoms with Gasteiger partial charge >= 0.3 is 12.0 Å². The van der Waals surface area contributed by atoms with E-state index in [9.17, 15) is 9.59 Å². The molecule has 0 aromatic carbocycles. The number of carbonyl (C=O) groups excluding carboxylic acids is 1. The van der Waals surface area contributed by atoms with Gasteiger partial charge in [-0.2, -0.15) is 0 Å². The highest BCUT2D eigenvalue weighted by Gasteiger charge is 2.32. The minimum absolute atomic E-state index is 0.0869. The van der Waals surface area contributed by atoms with Crippen LogP contribution in [0.4, 0.5) is 4.79 Å². The first-order chi connectivity index (χ1) is 8.65. The molecule has 1 saturated carbocycles. The summed E-state index contributed by atoms with van der Waals surface area (Å²) in [5, 5.41) is 14.6. The number of aliphatic carboxylic acids is 1. The Bertz CT molecular complexity index is 281. The quantitative estimate of drug-likeness (QED) is 0.609. The zero-order chi connectivity index (χ0) is 13.4. The summed E-state index contributed by atoms with van der Waals surface area (Å²) in [5.41, 5.74) is 0. The van der Waals surface area contributed by atoms with E-state index in [0.29, 0.717) is 13.1 Å². The maximum atomic E-state index is 11.5. The first kappa shape index (κ1) is 14.8. The van der Waals surface area contributed by atoms with Crippen LogP contribution < -0.4 is 10.6 Å². The fraction of sp³-hybridized carbons (Fsp3) is 0.846. The molecule has 1 aliphatic rings. The second-order valence-corrected chi connectivity index (χ2v) is 4.98. The Kier molecular flexibility index (Phi) is 6.54. The van der Waals surface area contributed by atoms with Crippen LogP contribution in [0, 0.1) is 11.8 Å². The molecule has 0 heterocycles. The average Bonchev–Trinajstić information content (AvgIpc) is 2.80. The summed E-state index contributed by atoms with van der Waals surface area (Å²) >= 11 is 0. The highest BCUT2D eigenvalue weighted by atomic mass is 16.4. The molecule has 104 valence electrons. The van der Waals surface area contributed by atoms with Gasteiger partial charge in [-0.15, -0.1) is 0 Å². The summed E-state index contributed by atoms with van der Waals surface area (Å²) in [6, 6.07) is -0.179. The van der Waals surface area contributed by atoms with E-state index in [2.05, 4.69) is 17.6 Å². The molecule has 0 spiro atoms. The van der Waals surface area contributed by atoms with Crippen molar-refractivity contribution in [2.45, 2.75) is 45.4 Å². The lowest BCUT2D eigenvalue weighted by Crippen LogP contribution is -2.40. The lowest BCUT2D eigenvalue weighted by atomic mass is 9.96. The molecule has 0 radical (unpaired) electrons. The van der Waals surface area contributed by atoms with Crippen molar-refractivity contribution in [2.75, 3.05) is 13.1 Å². The average molecular weight is 256 g/mol. The molecule has 2 unspecified atom stereocenters. The molecule has 0 aromatic heterocycles. The minimum Gasteiger partial charge on any atom is -0.481 e. The third-order valence-corrected chi connectivity index (χ3v) is 3.57. The maximum Gasteiger partial charge on any atom is 0.314 e. The largest absolute Gasteiger partial charge is 0.481 e. The molecule has 1 rings (SSSR count). The van der Waals surface area contributed by atoms with Crippen LogP contribution in [0.25, 0.3) is 0 Å². The van der Waals surface area contributed by atoms with Crippen molar-refractivity contribution >= 4 is 12.0 Å². The third kappa shape index (κ3) is 4.94. The second kappa shape index (κ2) is 7.95. The van der Waals surface area contributed by atoms with Crippen LogP contribution in [0.5, 0.6) is 0 Å². The highest BCUT2D eigenvalue weighted by molar-refractivity contribution is 5.74. The van der Waals surface area contributed by atoms with E-state index >= 15 is 0 Å². The van der Waals surface area contributed by atoms with E-state index in [4.69, 9.17) is 5.11 Å². The molecule has 0 saturated heterocycles. The van der Waals surface area contributed by atoms with Gasteiger partial charge in [-0.3, -0.25) is 4.79 Å². The van der Waals surface area contributed by atoms with Crippen LogP contribution in [-0.4, -0.2) is 30.2 Å². The SMILES string of the molecule is CCCCCNC(=O)NCC1CCCC1C(=O)O. The monoisotopic (exact) mass is 256 g/mol. The molecule has 18 heavy (non-hydrogen) atoms. The number of unbranched alkanes of at least 4 members (excludes halogenated alkanes) is 2. The smallest absolute Gasteiger partial charge is 0.314 e. The van der Waals surface area contributed by atoms with E-state index in [1.54, 1.807) is 0 Å². The van der Waals surface area contributed by atoms with Crippen molar-refractivity contribution in [3.8, 4) is 0 Å². The van der Waals surface area contributed by atoms with Crippen molar-refractivity contribution in [1.29, 1.82) is 0 Å². The van der Waals surface area contributed by atoms with E-state index < -0.39 is 5.97 Å². The summed E-state index contributed by atoms with van der Waals surface area (Å²) in [6.07, 6.45) is 5.81. The molecule has 2 atom stereocenters. The minimum atomic E-state index is -0.734. The number of carboxylic acid groups (broad SMARTS) is 1. The summed E-state index contributed by atoms with van der Waals surface area (Å²) in [6.45, 7) is 3.27. The van der Waals surface area contributed by atoms with Gasteiger partial charge in [0.15, 0.2) is 0 Å². The van der Waals surface area contributed by atoms with Crippen molar-refractivity contribution in [3.05, 3.63) is 0 Å². The zero-order valence-corrected chi connectivity index (χ0v) is 11.1. The topological polar surface area (TPSA) is 78.4 Å². The normalized spacial score (nSPS) is 22.7. The second-order valence-electron chi connectivity index (χ2n) is 4.98. The Hall–Kier alpha value is -1.26. The summed E-state index contributed by atoms with van der Waals surface area (Å²) in [7, 11) is 0. The molecule has 0 aromatic rings. The van der Waals surface area contributed by atoms with Crippen LogP contribution in [0.3, 0.4) is 0 Å². The van der Waals surface area contributed by atoms with Gasteiger partial charge in [-0.05, 0) is 25.2 Å². The molecule has 1 aliphatic carbocycles. The van der Waals surface area contributed by atoms with E-state index in [-0.39, 0.29) is 17.9 Å². The predicted octanol–water partition coefficient (Wildman–Crippen LogP) is 1.98. The van der Waals surface area contributed by atoms with Gasteiger partial charge in [-0.25, -0.2) is 4.79 Å². The van der Waals surface area contributed by atoms with E-state index in [0.717, 1.165) is 38.5 Å². The Morgan fingerprint density at radius 2 is 2.00 bits per heavy atom. The molecule has 2 amide bonds. The number of rotatable bonds is 7. The van der Waals surface area contributed by atoms with Crippen molar-refractivity contribution in [1.82, 2.24) is 10.6 Å². The Balaban J connectivity index is 2.15. The number of nitrogens with one attached hydrogen (secondary N) is 2. The van der Waals surface area contributed by atoms with Crippen LogP contribution >= 0.6 is 0 Å². The number of amides is 2. The first-order valence-electron chi connectivity index (χ1n) is 6.89. The summed E-state index contributed by atoms with van der Waals surface area (Å²) in [4.78, 5) is 22.4. The molecule has 1 fully saturated rings. The van der Waals surface area contributed by atoms with Gasteiger partial charge in [0, 0.05) is 13.1 Å².